The van der Waals surface area contributed by atoms with E-state index in [2.05, 4.69) is 9.83 Å². The first-order valence-electron chi connectivity index (χ1n) is 4.86. The zero-order chi connectivity index (χ0) is 11.4. The minimum absolute atomic E-state index is 0.348. The maximum absolute atomic E-state index is 6.99. The topological polar surface area (TPSA) is 26.5 Å². The van der Waals surface area contributed by atoms with E-state index in [0.717, 1.165) is 0 Å². The summed E-state index contributed by atoms with van der Waals surface area (Å²) in [6.45, 7) is 9.00. The van der Waals surface area contributed by atoms with Gasteiger partial charge in [-0.15, -0.1) is 0 Å². The fraction of sp³-hybridized carbons (Fsp3) is 0.0769. The smallest absolute Gasteiger partial charge is 0.247 e. The molecule has 0 atom stereocenters. The maximum Gasteiger partial charge on any atom is 0.247 e. The molecule has 0 bridgehead atoms. The molecule has 0 aliphatic carbocycles. The molecule has 16 heavy (non-hydrogen) atoms. The number of benzene rings is 1. The van der Waals surface area contributed by atoms with Gasteiger partial charge < -0.3 is 4.74 Å². The number of hydrogen-bond donors (Lipinski definition) is 0. The molecule has 3 heteroatoms. The molecule has 0 radical (unpaired) electrons. The van der Waals surface area contributed by atoms with Gasteiger partial charge in [0.25, 0.3) is 0 Å². The molecule has 2 rings (SSSR count). The zero-order valence-corrected chi connectivity index (χ0v) is 8.84. The average molecular weight is 210 g/mol. The van der Waals surface area contributed by atoms with Gasteiger partial charge in [0, 0.05) is 6.20 Å². The van der Waals surface area contributed by atoms with Crippen LogP contribution in [0.3, 0.4) is 0 Å². The standard InChI is InChI=1S/C13H10N2O/c1-10-5-7-11(8-6-10)16-13-12(14-2)4-3-9-15-13/h3-9H,1H3. The van der Waals surface area contributed by atoms with Crippen LogP contribution in [0.15, 0.2) is 42.6 Å². The van der Waals surface area contributed by atoms with Crippen molar-refractivity contribution < 1.29 is 4.74 Å². The third kappa shape index (κ3) is 2.18. The van der Waals surface area contributed by atoms with Crippen LogP contribution in [0.1, 0.15) is 5.56 Å². The number of hydrogen-bond acceptors (Lipinski definition) is 2. The zero-order valence-electron chi connectivity index (χ0n) is 8.84. The molecular weight excluding hydrogens is 200 g/mol. The lowest BCUT2D eigenvalue weighted by Gasteiger charge is -2.05. The second-order valence-corrected chi connectivity index (χ2v) is 3.35. The third-order valence-electron chi connectivity index (χ3n) is 2.11. The predicted octanol–water partition coefficient (Wildman–Crippen LogP) is 3.73. The second kappa shape index (κ2) is 4.45. The Labute approximate surface area is 94.2 Å². The number of aryl methyl sites for hydroxylation is 1. The third-order valence-corrected chi connectivity index (χ3v) is 2.11. The number of aromatic nitrogens is 1. The van der Waals surface area contributed by atoms with Gasteiger partial charge in [0.15, 0.2) is 0 Å². The summed E-state index contributed by atoms with van der Waals surface area (Å²) in [6, 6.07) is 11.0. The lowest BCUT2D eigenvalue weighted by molar-refractivity contribution is 0.466. The first kappa shape index (κ1) is 10.2. The summed E-state index contributed by atoms with van der Waals surface area (Å²) < 4.78 is 5.53. The molecule has 0 saturated heterocycles. The van der Waals surface area contributed by atoms with Crippen molar-refractivity contribution in [1.82, 2.24) is 4.98 Å². The summed E-state index contributed by atoms with van der Waals surface area (Å²) in [6.07, 6.45) is 1.61. The van der Waals surface area contributed by atoms with Gasteiger partial charge in [-0.05, 0) is 25.1 Å². The second-order valence-electron chi connectivity index (χ2n) is 3.35. The van der Waals surface area contributed by atoms with Gasteiger partial charge in [0.05, 0.1) is 6.57 Å². The molecule has 0 saturated carbocycles. The predicted molar refractivity (Wildman–Crippen MR) is 61.8 cm³/mol. The van der Waals surface area contributed by atoms with Crippen LogP contribution in [-0.4, -0.2) is 4.98 Å². The molecule has 0 fully saturated rings. The van der Waals surface area contributed by atoms with E-state index < -0.39 is 0 Å². The van der Waals surface area contributed by atoms with Gasteiger partial charge in [-0.2, -0.15) is 0 Å². The molecule has 0 amide bonds. The summed E-state index contributed by atoms with van der Waals surface area (Å²) in [5.41, 5.74) is 1.59. The van der Waals surface area contributed by atoms with Crippen LogP contribution in [-0.2, 0) is 0 Å². The van der Waals surface area contributed by atoms with Crippen LogP contribution < -0.4 is 4.74 Å². The average Bonchev–Trinajstić information content (AvgIpc) is 2.33. The van der Waals surface area contributed by atoms with Crippen molar-refractivity contribution in [3.05, 3.63) is 59.6 Å². The minimum Gasteiger partial charge on any atom is -0.449 e. The van der Waals surface area contributed by atoms with E-state index in [9.17, 15) is 0 Å². The quantitative estimate of drug-likeness (QED) is 0.706. The number of pyridine rings is 1. The molecule has 0 spiro atoms. The molecule has 0 N–H and O–H groups in total. The van der Waals surface area contributed by atoms with Gasteiger partial charge in [0.1, 0.15) is 5.75 Å². The van der Waals surface area contributed by atoms with Crippen molar-refractivity contribution in [2.24, 2.45) is 0 Å². The van der Waals surface area contributed by atoms with Crippen molar-refractivity contribution in [1.29, 1.82) is 0 Å². The Hall–Kier alpha value is -2.34. The fourth-order valence-corrected chi connectivity index (χ4v) is 1.26. The van der Waals surface area contributed by atoms with E-state index in [1.165, 1.54) is 5.56 Å². The van der Waals surface area contributed by atoms with Gasteiger partial charge in [-0.25, -0.2) is 9.83 Å². The molecule has 0 unspecified atom stereocenters. The Morgan fingerprint density at radius 3 is 2.62 bits per heavy atom. The van der Waals surface area contributed by atoms with Crippen LogP contribution >= 0.6 is 0 Å². The van der Waals surface area contributed by atoms with Crippen molar-refractivity contribution >= 4 is 5.69 Å². The van der Waals surface area contributed by atoms with Crippen molar-refractivity contribution in [2.75, 3.05) is 0 Å². The first-order valence-corrected chi connectivity index (χ1v) is 4.86. The summed E-state index contributed by atoms with van der Waals surface area (Å²) in [7, 11) is 0. The summed E-state index contributed by atoms with van der Waals surface area (Å²) in [5, 5.41) is 0. The van der Waals surface area contributed by atoms with E-state index >= 15 is 0 Å². The van der Waals surface area contributed by atoms with Crippen LogP contribution in [0.4, 0.5) is 5.69 Å². The molecule has 0 aliphatic heterocycles. The lowest BCUT2D eigenvalue weighted by atomic mass is 10.2. The molecule has 3 nitrogen and oxygen atoms in total. The largest absolute Gasteiger partial charge is 0.449 e. The normalized spacial score (nSPS) is 9.50. The van der Waals surface area contributed by atoms with E-state index in [1.54, 1.807) is 18.3 Å². The van der Waals surface area contributed by atoms with E-state index in [-0.39, 0.29) is 0 Å². The van der Waals surface area contributed by atoms with Crippen LogP contribution in [0.5, 0.6) is 11.6 Å². The number of ether oxygens (including phenoxy) is 1. The maximum atomic E-state index is 6.99. The number of nitrogens with zero attached hydrogens (tertiary/aromatic N) is 2. The summed E-state index contributed by atoms with van der Waals surface area (Å²) >= 11 is 0. The fourth-order valence-electron chi connectivity index (χ4n) is 1.26. The van der Waals surface area contributed by atoms with Crippen LogP contribution in [0.2, 0.25) is 0 Å². The molecule has 1 aromatic heterocycles. The van der Waals surface area contributed by atoms with Crippen LogP contribution in [0.25, 0.3) is 4.85 Å². The van der Waals surface area contributed by atoms with Crippen molar-refractivity contribution in [3.8, 4) is 11.6 Å². The summed E-state index contributed by atoms with van der Waals surface area (Å²) in [5.74, 6) is 1.04. The molecule has 0 aliphatic rings. The molecule has 1 aromatic carbocycles. The highest BCUT2D eigenvalue weighted by Gasteiger charge is 2.04. The van der Waals surface area contributed by atoms with Gasteiger partial charge in [0.2, 0.25) is 11.6 Å². The Bertz CT molecular complexity index is 526. The molecular formula is C13H10N2O. The SMILES string of the molecule is [C-]#[N+]c1cccnc1Oc1ccc(C)cc1. The van der Waals surface area contributed by atoms with Gasteiger partial charge in [-0.1, -0.05) is 23.8 Å². The van der Waals surface area contributed by atoms with E-state index in [1.807, 2.05) is 31.2 Å². The van der Waals surface area contributed by atoms with E-state index in [0.29, 0.717) is 17.3 Å². The highest BCUT2D eigenvalue weighted by Crippen LogP contribution is 2.28. The Morgan fingerprint density at radius 2 is 1.94 bits per heavy atom. The Balaban J connectivity index is 2.27. The van der Waals surface area contributed by atoms with E-state index in [4.69, 9.17) is 11.3 Å². The lowest BCUT2D eigenvalue weighted by Crippen LogP contribution is -1.87. The minimum atomic E-state index is 0.348. The highest BCUT2D eigenvalue weighted by molar-refractivity contribution is 5.54. The van der Waals surface area contributed by atoms with Gasteiger partial charge in [-0.3, -0.25) is 0 Å². The molecule has 78 valence electrons. The first-order chi connectivity index (χ1) is 7.79. The Kier molecular flexibility index (Phi) is 2.84. The summed E-state index contributed by atoms with van der Waals surface area (Å²) in [4.78, 5) is 7.38. The number of rotatable bonds is 2. The van der Waals surface area contributed by atoms with Crippen molar-refractivity contribution in [3.63, 3.8) is 0 Å². The Morgan fingerprint density at radius 1 is 1.19 bits per heavy atom. The van der Waals surface area contributed by atoms with Crippen LogP contribution in [0, 0.1) is 13.5 Å². The monoisotopic (exact) mass is 210 g/mol. The highest BCUT2D eigenvalue weighted by atomic mass is 16.5. The van der Waals surface area contributed by atoms with Gasteiger partial charge >= 0.3 is 0 Å². The molecule has 2 aromatic rings. The molecule has 1 heterocycles. The van der Waals surface area contributed by atoms with Crippen molar-refractivity contribution in [2.45, 2.75) is 6.92 Å².